The number of benzene rings is 2. The predicted octanol–water partition coefficient (Wildman–Crippen LogP) is 6.37. The molecule has 4 rings (SSSR count). The van der Waals surface area contributed by atoms with Gasteiger partial charge in [0, 0.05) is 40.0 Å². The molecule has 0 atom stereocenters. The van der Waals surface area contributed by atoms with Crippen molar-refractivity contribution in [3.05, 3.63) is 88.8 Å². The molecule has 2 aromatic carbocycles. The van der Waals surface area contributed by atoms with Crippen LogP contribution in [-0.2, 0) is 13.0 Å². The number of ether oxygens (including phenoxy) is 1. The third-order valence-corrected chi connectivity index (χ3v) is 6.09. The molecule has 5 nitrogen and oxygen atoms in total. The molecule has 0 saturated heterocycles. The first-order chi connectivity index (χ1) is 16.0. The molecule has 4 aromatic rings. The molecule has 0 spiro atoms. The summed E-state index contributed by atoms with van der Waals surface area (Å²) >= 11 is 12.1. The van der Waals surface area contributed by atoms with Gasteiger partial charge in [0.1, 0.15) is 5.75 Å². The topological polar surface area (TPSA) is 53.2 Å². The number of aromatic nitrogens is 2. The lowest BCUT2D eigenvalue weighted by molar-refractivity contribution is 0.340. The fraction of sp³-hybridized carbons (Fsp3) is 0.231. The van der Waals surface area contributed by atoms with Crippen molar-refractivity contribution >= 4 is 45.5 Å². The first kappa shape index (κ1) is 23.1. The zero-order valence-corrected chi connectivity index (χ0v) is 20.3. The van der Waals surface area contributed by atoms with Gasteiger partial charge in [-0.1, -0.05) is 17.7 Å². The minimum atomic E-state index is 0.617. The number of hydrogen-bond acceptors (Lipinski definition) is 3. The predicted molar refractivity (Wildman–Crippen MR) is 140 cm³/mol. The smallest absolute Gasteiger partial charge is 0.173 e. The fourth-order valence-corrected chi connectivity index (χ4v) is 4.31. The zero-order valence-electron chi connectivity index (χ0n) is 18.8. The Labute approximate surface area is 204 Å². The van der Waals surface area contributed by atoms with Crippen molar-refractivity contribution < 1.29 is 4.74 Å². The molecule has 7 heteroatoms. The van der Waals surface area contributed by atoms with Gasteiger partial charge in [0.25, 0.3) is 0 Å². The van der Waals surface area contributed by atoms with Gasteiger partial charge < -0.3 is 19.9 Å². The standard InChI is InChI=1S/C26H27ClN4OS/c1-3-32-22-10-8-20(9-11-22)30-26(33)31(17-21-6-4-5-14-28-21)15-13-23-18(2)29-25-12-7-19(27)16-24(23)25/h4-12,14,16,29H,3,13,15,17H2,1-2H3,(H,30,33). The van der Waals surface area contributed by atoms with Crippen LogP contribution < -0.4 is 10.1 Å². The van der Waals surface area contributed by atoms with Crippen LogP contribution in [0.15, 0.2) is 66.9 Å². The van der Waals surface area contributed by atoms with Crippen molar-refractivity contribution in [3.8, 4) is 5.75 Å². The second-order valence-corrected chi connectivity index (χ2v) is 8.62. The maximum Gasteiger partial charge on any atom is 0.173 e. The molecular weight excluding hydrogens is 452 g/mol. The van der Waals surface area contributed by atoms with Crippen molar-refractivity contribution in [2.45, 2.75) is 26.8 Å². The number of thiocarbonyl (C=S) groups is 1. The number of fused-ring (bicyclic) bond motifs is 1. The number of pyridine rings is 1. The molecule has 2 aromatic heterocycles. The molecule has 0 fully saturated rings. The lowest BCUT2D eigenvalue weighted by atomic mass is 10.1. The summed E-state index contributed by atoms with van der Waals surface area (Å²) in [6, 6.07) is 19.7. The van der Waals surface area contributed by atoms with Crippen LogP contribution in [0.5, 0.6) is 5.75 Å². The highest BCUT2D eigenvalue weighted by Gasteiger charge is 2.15. The monoisotopic (exact) mass is 478 g/mol. The number of aryl methyl sites for hydroxylation is 1. The second-order valence-electron chi connectivity index (χ2n) is 7.80. The molecular formula is C26H27ClN4OS. The van der Waals surface area contributed by atoms with Gasteiger partial charge >= 0.3 is 0 Å². The van der Waals surface area contributed by atoms with E-state index < -0.39 is 0 Å². The molecule has 0 radical (unpaired) electrons. The van der Waals surface area contributed by atoms with Crippen LogP contribution >= 0.6 is 23.8 Å². The number of halogens is 1. The van der Waals surface area contributed by atoms with Gasteiger partial charge in [-0.15, -0.1) is 0 Å². The van der Waals surface area contributed by atoms with Crippen LogP contribution in [0.2, 0.25) is 5.02 Å². The van der Waals surface area contributed by atoms with E-state index in [-0.39, 0.29) is 0 Å². The Kier molecular flexibility index (Phi) is 7.47. The lowest BCUT2D eigenvalue weighted by Crippen LogP contribution is -2.36. The van der Waals surface area contributed by atoms with Gasteiger partial charge in [0.05, 0.1) is 18.8 Å². The number of nitrogens with zero attached hydrogens (tertiary/aromatic N) is 2. The summed E-state index contributed by atoms with van der Waals surface area (Å²) in [5.41, 5.74) is 5.38. The van der Waals surface area contributed by atoms with Crippen LogP contribution in [0.3, 0.4) is 0 Å². The minimum absolute atomic E-state index is 0.617. The summed E-state index contributed by atoms with van der Waals surface area (Å²) in [5.74, 6) is 0.841. The van der Waals surface area contributed by atoms with Crippen LogP contribution in [0.1, 0.15) is 23.9 Å². The third kappa shape index (κ3) is 5.83. The Morgan fingerprint density at radius 1 is 1.15 bits per heavy atom. The Morgan fingerprint density at radius 3 is 2.70 bits per heavy atom. The van der Waals surface area contributed by atoms with E-state index >= 15 is 0 Å². The highest BCUT2D eigenvalue weighted by atomic mass is 35.5. The normalized spacial score (nSPS) is 10.9. The van der Waals surface area contributed by atoms with Gasteiger partial charge in [-0.3, -0.25) is 4.98 Å². The van der Waals surface area contributed by atoms with E-state index in [1.165, 1.54) is 5.56 Å². The maximum absolute atomic E-state index is 6.27. The summed E-state index contributed by atoms with van der Waals surface area (Å²) in [7, 11) is 0. The Balaban J connectivity index is 1.53. The zero-order chi connectivity index (χ0) is 23.2. The number of rotatable bonds is 8. The number of nitrogens with one attached hydrogen (secondary N) is 2. The third-order valence-electron chi connectivity index (χ3n) is 5.50. The van der Waals surface area contributed by atoms with Crippen LogP contribution in [0.25, 0.3) is 10.9 Å². The highest BCUT2D eigenvalue weighted by molar-refractivity contribution is 7.80. The molecule has 0 bridgehead atoms. The van der Waals surface area contributed by atoms with E-state index in [2.05, 4.69) is 27.1 Å². The van der Waals surface area contributed by atoms with Gasteiger partial charge in [0.15, 0.2) is 5.11 Å². The fourth-order valence-electron chi connectivity index (χ4n) is 3.87. The number of H-pyrrole nitrogens is 1. The maximum atomic E-state index is 6.27. The molecule has 2 N–H and O–H groups in total. The van der Waals surface area contributed by atoms with Crippen LogP contribution in [0, 0.1) is 6.92 Å². The Bertz CT molecular complexity index is 1220. The van der Waals surface area contributed by atoms with Gasteiger partial charge in [-0.05, 0) is 92.6 Å². The van der Waals surface area contributed by atoms with Crippen LogP contribution in [0.4, 0.5) is 5.69 Å². The molecule has 0 amide bonds. The largest absolute Gasteiger partial charge is 0.494 e. The van der Waals surface area contributed by atoms with E-state index in [9.17, 15) is 0 Å². The molecule has 0 unspecified atom stereocenters. The Morgan fingerprint density at radius 2 is 1.97 bits per heavy atom. The van der Waals surface area contributed by atoms with Crippen LogP contribution in [-0.4, -0.2) is 33.1 Å². The van der Waals surface area contributed by atoms with E-state index in [4.69, 9.17) is 28.6 Å². The average Bonchev–Trinajstić information content (AvgIpc) is 3.13. The second kappa shape index (κ2) is 10.7. The molecule has 0 saturated carbocycles. The van der Waals surface area contributed by atoms with Crippen molar-refractivity contribution in [1.82, 2.24) is 14.9 Å². The number of aromatic amines is 1. The highest BCUT2D eigenvalue weighted by Crippen LogP contribution is 2.26. The summed E-state index contributed by atoms with van der Waals surface area (Å²) in [6.07, 6.45) is 2.63. The molecule has 0 aliphatic heterocycles. The molecule has 2 heterocycles. The Hall–Kier alpha value is -3.09. The van der Waals surface area contributed by atoms with E-state index in [1.807, 2.05) is 73.8 Å². The molecule has 0 aliphatic rings. The summed E-state index contributed by atoms with van der Waals surface area (Å²) in [5, 5.41) is 5.91. The summed E-state index contributed by atoms with van der Waals surface area (Å²) in [4.78, 5) is 10.1. The molecule has 170 valence electrons. The van der Waals surface area contributed by atoms with Crippen molar-refractivity contribution in [2.75, 3.05) is 18.5 Å². The number of hydrogen-bond donors (Lipinski definition) is 2. The minimum Gasteiger partial charge on any atom is -0.494 e. The van der Waals surface area contributed by atoms with Gasteiger partial charge in [-0.2, -0.15) is 0 Å². The first-order valence-electron chi connectivity index (χ1n) is 11.0. The van der Waals surface area contributed by atoms with Crippen molar-refractivity contribution in [2.24, 2.45) is 0 Å². The number of anilines is 1. The van der Waals surface area contributed by atoms with E-state index in [0.717, 1.165) is 51.7 Å². The SMILES string of the molecule is CCOc1ccc(NC(=S)N(CCc2c(C)[nH]c3ccc(Cl)cc23)Cc2ccccn2)cc1. The van der Waals surface area contributed by atoms with Crippen molar-refractivity contribution in [3.63, 3.8) is 0 Å². The lowest BCUT2D eigenvalue weighted by Gasteiger charge is -2.26. The summed E-state index contributed by atoms with van der Waals surface area (Å²) in [6.45, 7) is 6.07. The quantitative estimate of drug-likeness (QED) is 0.288. The first-order valence-corrected chi connectivity index (χ1v) is 11.8. The molecule has 33 heavy (non-hydrogen) atoms. The van der Waals surface area contributed by atoms with Gasteiger partial charge in [0.2, 0.25) is 0 Å². The average molecular weight is 479 g/mol. The van der Waals surface area contributed by atoms with E-state index in [1.54, 1.807) is 0 Å². The summed E-state index contributed by atoms with van der Waals surface area (Å²) < 4.78 is 5.54. The van der Waals surface area contributed by atoms with Gasteiger partial charge in [-0.25, -0.2) is 0 Å². The molecule has 0 aliphatic carbocycles. The van der Waals surface area contributed by atoms with E-state index in [0.29, 0.717) is 18.3 Å². The van der Waals surface area contributed by atoms with Crippen molar-refractivity contribution in [1.29, 1.82) is 0 Å².